The fourth-order valence-corrected chi connectivity index (χ4v) is 11.3. The minimum Gasteiger partial charge on any atom is -0.392 e. The molecule has 0 aromatic heterocycles. The molecule has 0 aromatic rings. The van der Waals surface area contributed by atoms with Crippen molar-refractivity contribution in [3.63, 3.8) is 0 Å². The molecular formula is C64H133N5O5. The number of aliphatic hydroxyl groups is 5. The van der Waals surface area contributed by atoms with Crippen molar-refractivity contribution < 1.29 is 25.5 Å². The summed E-state index contributed by atoms with van der Waals surface area (Å²) in [5, 5.41) is 56.5. The molecule has 1 heterocycles. The maximum atomic E-state index is 11.4. The fourth-order valence-electron chi connectivity index (χ4n) is 11.3. The van der Waals surface area contributed by atoms with Crippen LogP contribution in [0.15, 0.2) is 0 Å². The Morgan fingerprint density at radius 2 is 0.446 bits per heavy atom. The molecule has 0 amide bonds. The van der Waals surface area contributed by atoms with Crippen LogP contribution < -0.4 is 0 Å². The third kappa shape index (κ3) is 45.5. The number of piperazine rings is 1. The first kappa shape index (κ1) is 71.6. The molecule has 74 heavy (non-hydrogen) atoms. The first-order valence-corrected chi connectivity index (χ1v) is 33.2. The van der Waals surface area contributed by atoms with E-state index in [9.17, 15) is 25.5 Å². The number of unbranched alkanes of at least 4 members (excludes halogenated alkanes) is 29. The summed E-state index contributed by atoms with van der Waals surface area (Å²) < 4.78 is 0. The SMILES string of the molecule is CCCCCCCCCCC(O)CN(CCN1CCN(CCN(CCN(CC(O)CCCCCCCC)CC(O)CCCCCCCC)CC(O)CCCCCCCC)CC1)CC(O)CCCCCCCCCC. The lowest BCUT2D eigenvalue weighted by Crippen LogP contribution is -2.51. The number of nitrogens with zero attached hydrogens (tertiary/aromatic N) is 5. The van der Waals surface area contributed by atoms with Crippen molar-refractivity contribution in [2.24, 2.45) is 0 Å². The molecule has 1 aliphatic heterocycles. The summed E-state index contributed by atoms with van der Waals surface area (Å²) >= 11 is 0. The first-order valence-electron chi connectivity index (χ1n) is 33.2. The highest BCUT2D eigenvalue weighted by Gasteiger charge is 2.23. The van der Waals surface area contributed by atoms with Gasteiger partial charge in [0.1, 0.15) is 0 Å². The predicted octanol–water partition coefficient (Wildman–Crippen LogP) is 13.6. The van der Waals surface area contributed by atoms with E-state index in [4.69, 9.17) is 0 Å². The van der Waals surface area contributed by atoms with E-state index in [1.165, 1.54) is 186 Å². The molecule has 5 atom stereocenters. The summed E-state index contributed by atoms with van der Waals surface area (Å²) in [5.41, 5.74) is 0. The van der Waals surface area contributed by atoms with Gasteiger partial charge in [-0.3, -0.25) is 24.5 Å². The van der Waals surface area contributed by atoms with Crippen molar-refractivity contribution in [2.45, 2.75) is 316 Å². The van der Waals surface area contributed by atoms with Gasteiger partial charge >= 0.3 is 0 Å². The van der Waals surface area contributed by atoms with E-state index in [1.54, 1.807) is 0 Å². The van der Waals surface area contributed by atoms with Crippen LogP contribution in [0.3, 0.4) is 0 Å². The lowest BCUT2D eigenvalue weighted by Gasteiger charge is -2.37. The van der Waals surface area contributed by atoms with Crippen LogP contribution in [0.2, 0.25) is 0 Å². The molecule has 1 rings (SSSR count). The molecule has 0 aromatic carbocycles. The van der Waals surface area contributed by atoms with Gasteiger partial charge in [0.25, 0.3) is 0 Å². The van der Waals surface area contributed by atoms with E-state index in [0.29, 0.717) is 32.7 Å². The lowest BCUT2D eigenvalue weighted by molar-refractivity contribution is 0.0419. The fraction of sp³-hybridized carbons (Fsp3) is 1.00. The zero-order valence-corrected chi connectivity index (χ0v) is 50.5. The standard InChI is InChI=1S/C64H133N5O5/c1-6-11-16-21-26-28-33-38-43-61(71)56-68(57-62(72)44-39-34-29-27-22-17-12-7-2)53-50-66-47-45-65(46-48-66)49-51-67(55-60(70)40-35-30-23-18-13-8-3)52-54-69(58-63(73)41-36-31-24-19-14-9-4)59-64(74)42-37-32-25-20-15-10-5/h60-64,70-74H,6-59H2,1-5H3. The number of hydrogen-bond acceptors (Lipinski definition) is 10. The van der Waals surface area contributed by atoms with E-state index in [0.717, 1.165) is 130 Å². The van der Waals surface area contributed by atoms with Gasteiger partial charge in [0.15, 0.2) is 0 Å². The highest BCUT2D eigenvalue weighted by molar-refractivity contribution is 4.79. The summed E-state index contributed by atoms with van der Waals surface area (Å²) in [6.07, 6.45) is 44.9. The highest BCUT2D eigenvalue weighted by atomic mass is 16.3. The topological polar surface area (TPSA) is 117 Å². The third-order valence-corrected chi connectivity index (χ3v) is 16.5. The van der Waals surface area contributed by atoms with Gasteiger partial charge < -0.3 is 25.5 Å². The second-order valence-electron chi connectivity index (χ2n) is 24.0. The maximum Gasteiger partial charge on any atom is 0.0667 e. The van der Waals surface area contributed by atoms with Gasteiger partial charge in [-0.05, 0) is 32.1 Å². The van der Waals surface area contributed by atoms with Crippen molar-refractivity contribution in [3.05, 3.63) is 0 Å². The maximum absolute atomic E-state index is 11.4. The van der Waals surface area contributed by atoms with Crippen molar-refractivity contribution >= 4 is 0 Å². The van der Waals surface area contributed by atoms with Gasteiger partial charge in [0, 0.05) is 98.2 Å². The Balaban J connectivity index is 2.89. The average Bonchev–Trinajstić information content (AvgIpc) is 3.38. The molecule has 0 aliphatic carbocycles. The summed E-state index contributed by atoms with van der Waals surface area (Å²) in [4.78, 5) is 12.4. The van der Waals surface area contributed by atoms with E-state index >= 15 is 0 Å². The Morgan fingerprint density at radius 1 is 0.257 bits per heavy atom. The summed E-state index contributed by atoms with van der Waals surface area (Å²) in [5.74, 6) is 0. The van der Waals surface area contributed by atoms with Crippen LogP contribution in [-0.2, 0) is 0 Å². The van der Waals surface area contributed by atoms with E-state index < -0.39 is 0 Å². The third-order valence-electron chi connectivity index (χ3n) is 16.5. The van der Waals surface area contributed by atoms with Crippen LogP contribution >= 0.6 is 0 Å². The minimum absolute atomic E-state index is 0.341. The molecule has 5 N–H and O–H groups in total. The monoisotopic (exact) mass is 1050 g/mol. The molecule has 1 saturated heterocycles. The van der Waals surface area contributed by atoms with Crippen molar-refractivity contribution in [1.82, 2.24) is 24.5 Å². The smallest absolute Gasteiger partial charge is 0.0667 e. The molecule has 10 heteroatoms. The molecule has 444 valence electrons. The van der Waals surface area contributed by atoms with Crippen molar-refractivity contribution in [2.75, 3.05) is 98.2 Å². The number of rotatable bonds is 58. The largest absolute Gasteiger partial charge is 0.392 e. The lowest BCUT2D eigenvalue weighted by atomic mass is 10.0. The van der Waals surface area contributed by atoms with Gasteiger partial charge in [-0.2, -0.15) is 0 Å². The molecular weight excluding hydrogens is 919 g/mol. The zero-order valence-electron chi connectivity index (χ0n) is 50.5. The summed E-state index contributed by atoms with van der Waals surface area (Å²) in [6.45, 7) is 24.0. The Morgan fingerprint density at radius 3 is 0.703 bits per heavy atom. The molecule has 0 bridgehead atoms. The second kappa shape index (κ2) is 53.3. The summed E-state index contributed by atoms with van der Waals surface area (Å²) in [6, 6.07) is 0. The van der Waals surface area contributed by atoms with Crippen LogP contribution in [0.4, 0.5) is 0 Å². The van der Waals surface area contributed by atoms with Crippen LogP contribution in [0, 0.1) is 0 Å². The highest BCUT2D eigenvalue weighted by Crippen LogP contribution is 2.17. The molecule has 0 radical (unpaired) electrons. The quantitative estimate of drug-likeness (QED) is 0.0377. The van der Waals surface area contributed by atoms with Crippen LogP contribution in [0.25, 0.3) is 0 Å². The zero-order chi connectivity index (χ0) is 54.0. The minimum atomic E-state index is -0.382. The Bertz CT molecular complexity index is 1070. The Kier molecular flexibility index (Phi) is 51.5. The summed E-state index contributed by atoms with van der Waals surface area (Å²) in [7, 11) is 0. The van der Waals surface area contributed by atoms with Gasteiger partial charge in [-0.25, -0.2) is 0 Å². The normalized spacial score (nSPS) is 16.0. The average molecular weight is 1050 g/mol. The van der Waals surface area contributed by atoms with Crippen molar-refractivity contribution in [3.8, 4) is 0 Å². The molecule has 1 fully saturated rings. The van der Waals surface area contributed by atoms with Crippen molar-refractivity contribution in [1.29, 1.82) is 0 Å². The van der Waals surface area contributed by atoms with Crippen LogP contribution in [0.1, 0.15) is 285 Å². The molecule has 0 saturated carbocycles. The molecule has 5 unspecified atom stereocenters. The molecule has 10 nitrogen and oxygen atoms in total. The van der Waals surface area contributed by atoms with E-state index in [-0.39, 0.29) is 30.5 Å². The van der Waals surface area contributed by atoms with E-state index in [1.807, 2.05) is 0 Å². The predicted molar refractivity (Wildman–Crippen MR) is 321 cm³/mol. The molecule has 1 aliphatic rings. The first-order chi connectivity index (χ1) is 36.1. The van der Waals surface area contributed by atoms with Gasteiger partial charge in [0.2, 0.25) is 0 Å². The Labute approximate surface area is 461 Å². The van der Waals surface area contributed by atoms with Gasteiger partial charge in [-0.1, -0.05) is 253 Å². The van der Waals surface area contributed by atoms with Crippen LogP contribution in [-0.4, -0.2) is 179 Å². The van der Waals surface area contributed by atoms with Crippen LogP contribution in [0.5, 0.6) is 0 Å². The van der Waals surface area contributed by atoms with Gasteiger partial charge in [-0.15, -0.1) is 0 Å². The number of hydrogen-bond donors (Lipinski definition) is 5. The molecule has 0 spiro atoms. The van der Waals surface area contributed by atoms with E-state index in [2.05, 4.69) is 59.1 Å². The van der Waals surface area contributed by atoms with Gasteiger partial charge in [0.05, 0.1) is 30.5 Å². The Hall–Kier alpha value is -0.400. The second-order valence-corrected chi connectivity index (χ2v) is 24.0. The number of aliphatic hydroxyl groups excluding tert-OH is 5.